The number of furan rings is 1. The van der Waals surface area contributed by atoms with Crippen LogP contribution in [0.25, 0.3) is 0 Å². The Balaban J connectivity index is 2.18. The molecule has 0 spiro atoms. The molecule has 0 aliphatic carbocycles. The number of nitrogens with one attached hydrogen (secondary N) is 1. The number of hydrogen-bond donors (Lipinski definition) is 1. The second kappa shape index (κ2) is 5.06. The Hall–Kier alpha value is -1.74. The lowest BCUT2D eigenvalue weighted by Crippen LogP contribution is -2.12. The molecule has 4 heteroatoms. The van der Waals surface area contributed by atoms with Gasteiger partial charge in [0.15, 0.2) is 0 Å². The Kier molecular flexibility index (Phi) is 3.49. The van der Waals surface area contributed by atoms with E-state index in [9.17, 15) is 4.79 Å². The van der Waals surface area contributed by atoms with Crippen LogP contribution in [-0.4, -0.2) is 5.91 Å². The van der Waals surface area contributed by atoms with Gasteiger partial charge in [-0.15, -0.1) is 11.6 Å². The second-order valence-corrected chi connectivity index (χ2v) is 3.96. The monoisotopic (exact) mass is 249 g/mol. The minimum Gasteiger partial charge on any atom is -0.469 e. The van der Waals surface area contributed by atoms with E-state index in [2.05, 4.69) is 5.32 Å². The Morgan fingerprint density at radius 2 is 2.18 bits per heavy atom. The lowest BCUT2D eigenvalue weighted by molar-refractivity contribution is 0.102. The summed E-state index contributed by atoms with van der Waals surface area (Å²) in [7, 11) is 0. The van der Waals surface area contributed by atoms with Gasteiger partial charge in [0.1, 0.15) is 12.0 Å². The van der Waals surface area contributed by atoms with E-state index in [1.807, 2.05) is 24.3 Å². The Labute approximate surface area is 104 Å². The molecule has 88 valence electrons. The van der Waals surface area contributed by atoms with Crippen LogP contribution in [0.4, 0.5) is 5.69 Å². The average Bonchev–Trinajstić information content (AvgIpc) is 2.77. The third-order valence-corrected chi connectivity index (χ3v) is 2.69. The fourth-order valence-electron chi connectivity index (χ4n) is 1.52. The highest BCUT2D eigenvalue weighted by atomic mass is 35.5. The van der Waals surface area contributed by atoms with Gasteiger partial charge >= 0.3 is 0 Å². The maximum atomic E-state index is 11.9. The number of rotatable bonds is 3. The van der Waals surface area contributed by atoms with Gasteiger partial charge in [-0.25, -0.2) is 0 Å². The van der Waals surface area contributed by atoms with Gasteiger partial charge in [0.25, 0.3) is 5.91 Å². The maximum absolute atomic E-state index is 11.9. The van der Waals surface area contributed by atoms with Crippen molar-refractivity contribution in [2.45, 2.75) is 12.8 Å². The fraction of sp³-hybridized carbons (Fsp3) is 0.154. The molecule has 0 radical (unpaired) electrons. The number of benzene rings is 1. The van der Waals surface area contributed by atoms with Gasteiger partial charge in [0.2, 0.25) is 0 Å². The summed E-state index contributed by atoms with van der Waals surface area (Å²) in [6.07, 6.45) is 1.44. The summed E-state index contributed by atoms with van der Waals surface area (Å²) in [5.74, 6) is 0.876. The molecule has 1 aromatic carbocycles. The van der Waals surface area contributed by atoms with E-state index < -0.39 is 0 Å². The van der Waals surface area contributed by atoms with E-state index in [4.69, 9.17) is 16.0 Å². The minimum absolute atomic E-state index is 0.195. The zero-order chi connectivity index (χ0) is 12.3. The van der Waals surface area contributed by atoms with Crippen molar-refractivity contribution < 1.29 is 9.21 Å². The molecule has 1 amide bonds. The zero-order valence-corrected chi connectivity index (χ0v) is 10.1. The third kappa shape index (κ3) is 2.68. The van der Waals surface area contributed by atoms with Crippen LogP contribution in [-0.2, 0) is 5.88 Å². The quantitative estimate of drug-likeness (QED) is 0.845. The molecule has 17 heavy (non-hydrogen) atoms. The van der Waals surface area contributed by atoms with Crippen LogP contribution in [0.3, 0.4) is 0 Å². The number of alkyl halides is 1. The topological polar surface area (TPSA) is 42.2 Å². The highest BCUT2D eigenvalue weighted by Gasteiger charge is 2.10. The highest BCUT2D eigenvalue weighted by Crippen LogP contribution is 2.18. The molecule has 0 fully saturated rings. The van der Waals surface area contributed by atoms with Gasteiger partial charge in [-0.2, -0.15) is 0 Å². The molecule has 0 aliphatic heterocycles. The summed E-state index contributed by atoms with van der Waals surface area (Å²) < 4.78 is 5.09. The largest absolute Gasteiger partial charge is 0.469 e. The van der Waals surface area contributed by atoms with Crippen LogP contribution in [0.5, 0.6) is 0 Å². The van der Waals surface area contributed by atoms with Crippen molar-refractivity contribution >= 4 is 23.2 Å². The molecule has 2 rings (SSSR count). The van der Waals surface area contributed by atoms with Gasteiger partial charge < -0.3 is 9.73 Å². The first-order chi connectivity index (χ1) is 8.20. The first-order valence-corrected chi connectivity index (χ1v) is 5.74. The van der Waals surface area contributed by atoms with Crippen LogP contribution >= 0.6 is 11.6 Å². The summed E-state index contributed by atoms with van der Waals surface area (Å²) >= 11 is 5.80. The Morgan fingerprint density at radius 3 is 2.82 bits per heavy atom. The number of carbonyl (C=O) groups is 1. The first-order valence-electron chi connectivity index (χ1n) is 5.21. The predicted octanol–water partition coefficient (Wildman–Crippen LogP) is 3.58. The van der Waals surface area contributed by atoms with Crippen molar-refractivity contribution in [1.82, 2.24) is 0 Å². The number of hydrogen-bond acceptors (Lipinski definition) is 2. The van der Waals surface area contributed by atoms with Crippen molar-refractivity contribution in [3.05, 3.63) is 53.5 Å². The molecule has 0 saturated carbocycles. The summed E-state index contributed by atoms with van der Waals surface area (Å²) in [6, 6.07) is 9.13. The summed E-state index contributed by atoms with van der Waals surface area (Å²) in [5.41, 5.74) is 2.13. The van der Waals surface area contributed by atoms with E-state index in [0.29, 0.717) is 17.2 Å². The van der Waals surface area contributed by atoms with Gasteiger partial charge in [-0.3, -0.25) is 4.79 Å². The summed E-state index contributed by atoms with van der Waals surface area (Å²) in [6.45, 7) is 1.80. The number of para-hydroxylation sites is 1. The van der Waals surface area contributed by atoms with Crippen LogP contribution in [0.1, 0.15) is 21.7 Å². The third-order valence-electron chi connectivity index (χ3n) is 2.40. The number of carbonyl (C=O) groups excluding carboxylic acids is 1. The van der Waals surface area contributed by atoms with E-state index in [0.717, 1.165) is 11.3 Å². The van der Waals surface area contributed by atoms with Gasteiger partial charge in [0, 0.05) is 11.6 Å². The van der Waals surface area contributed by atoms with Crippen LogP contribution in [0.15, 0.2) is 41.0 Å². The normalized spacial score (nSPS) is 10.2. The molecule has 0 aliphatic rings. The molecule has 1 aromatic heterocycles. The van der Waals surface area contributed by atoms with Crippen LogP contribution in [0, 0.1) is 6.92 Å². The van der Waals surface area contributed by atoms with E-state index in [1.165, 1.54) is 6.26 Å². The van der Waals surface area contributed by atoms with E-state index >= 15 is 0 Å². The van der Waals surface area contributed by atoms with E-state index in [-0.39, 0.29) is 5.91 Å². The maximum Gasteiger partial charge on any atom is 0.258 e. The SMILES string of the molecule is Cc1cc(C(=O)Nc2ccccc2CCl)co1. The fourth-order valence-corrected chi connectivity index (χ4v) is 1.75. The van der Waals surface area contributed by atoms with Gasteiger partial charge in [-0.1, -0.05) is 18.2 Å². The molecular weight excluding hydrogens is 238 g/mol. The lowest BCUT2D eigenvalue weighted by atomic mass is 10.2. The Morgan fingerprint density at radius 1 is 1.41 bits per heavy atom. The minimum atomic E-state index is -0.195. The molecule has 0 saturated heterocycles. The van der Waals surface area contributed by atoms with Gasteiger partial charge in [0.05, 0.1) is 5.56 Å². The summed E-state index contributed by atoms with van der Waals surface area (Å²) in [5, 5.41) is 2.81. The molecule has 1 heterocycles. The molecule has 1 N–H and O–H groups in total. The van der Waals surface area contributed by atoms with Crippen molar-refractivity contribution in [3.63, 3.8) is 0 Å². The molecular formula is C13H12ClNO2. The lowest BCUT2D eigenvalue weighted by Gasteiger charge is -2.07. The van der Waals surface area contributed by atoms with Crippen LogP contribution < -0.4 is 5.32 Å². The smallest absolute Gasteiger partial charge is 0.258 e. The number of anilines is 1. The highest BCUT2D eigenvalue weighted by molar-refractivity contribution is 6.17. The zero-order valence-electron chi connectivity index (χ0n) is 9.37. The molecule has 2 aromatic rings. The van der Waals surface area contributed by atoms with Crippen molar-refractivity contribution in [1.29, 1.82) is 0 Å². The van der Waals surface area contributed by atoms with Crippen molar-refractivity contribution in [3.8, 4) is 0 Å². The van der Waals surface area contributed by atoms with Crippen molar-refractivity contribution in [2.24, 2.45) is 0 Å². The first kappa shape index (κ1) is 11.7. The van der Waals surface area contributed by atoms with E-state index in [1.54, 1.807) is 13.0 Å². The average molecular weight is 250 g/mol. The standard InChI is InChI=1S/C13H12ClNO2/c1-9-6-11(8-17-9)13(16)15-12-5-3-2-4-10(12)7-14/h2-6,8H,7H2,1H3,(H,15,16). The molecule has 3 nitrogen and oxygen atoms in total. The Bertz CT molecular complexity index is 534. The molecule has 0 atom stereocenters. The number of halogens is 1. The number of aryl methyl sites for hydroxylation is 1. The number of amides is 1. The predicted molar refractivity (Wildman–Crippen MR) is 67.4 cm³/mol. The molecule has 0 unspecified atom stereocenters. The van der Waals surface area contributed by atoms with Crippen molar-refractivity contribution in [2.75, 3.05) is 5.32 Å². The van der Waals surface area contributed by atoms with Crippen LogP contribution in [0.2, 0.25) is 0 Å². The second-order valence-electron chi connectivity index (χ2n) is 3.69. The summed E-state index contributed by atoms with van der Waals surface area (Å²) in [4.78, 5) is 11.9. The van der Waals surface area contributed by atoms with Gasteiger partial charge in [-0.05, 0) is 24.6 Å². The molecule has 0 bridgehead atoms.